The van der Waals surface area contributed by atoms with E-state index in [1.54, 1.807) is 16.9 Å². The number of nitrogens with zero attached hydrogens (tertiary/aromatic N) is 4. The Balaban J connectivity index is 1.57. The van der Waals surface area contributed by atoms with Crippen LogP contribution in [0.4, 0.5) is 10.2 Å². The molecule has 0 aliphatic heterocycles. The van der Waals surface area contributed by atoms with Crippen molar-refractivity contribution in [1.82, 2.24) is 24.5 Å². The molecule has 3 rings (SSSR count). The van der Waals surface area contributed by atoms with Gasteiger partial charge in [0.15, 0.2) is 17.4 Å². The van der Waals surface area contributed by atoms with Crippen molar-refractivity contribution in [3.05, 3.63) is 54.4 Å². The molecular formula is C17H19FN6O3S. The molecule has 0 bridgehead atoms. The van der Waals surface area contributed by atoms with Gasteiger partial charge in [-0.15, -0.1) is 0 Å². The molecule has 0 aliphatic carbocycles. The summed E-state index contributed by atoms with van der Waals surface area (Å²) < 4.78 is 47.0. The molecule has 1 aromatic carbocycles. The van der Waals surface area contributed by atoms with Crippen LogP contribution in [-0.2, 0) is 10.0 Å². The van der Waals surface area contributed by atoms with Gasteiger partial charge in [0.05, 0.1) is 17.7 Å². The van der Waals surface area contributed by atoms with E-state index in [-0.39, 0.29) is 23.7 Å². The van der Waals surface area contributed by atoms with E-state index < -0.39 is 15.8 Å². The summed E-state index contributed by atoms with van der Waals surface area (Å²) in [6.07, 6.45) is 3.17. The second-order valence-electron chi connectivity index (χ2n) is 5.78. The first-order valence-corrected chi connectivity index (χ1v) is 9.79. The molecule has 0 fully saturated rings. The van der Waals surface area contributed by atoms with Crippen molar-refractivity contribution in [2.45, 2.75) is 11.8 Å². The van der Waals surface area contributed by atoms with Crippen molar-refractivity contribution in [3.8, 4) is 11.6 Å². The number of benzene rings is 1. The van der Waals surface area contributed by atoms with Crippen LogP contribution in [0.3, 0.4) is 0 Å². The largest absolute Gasteiger partial charge is 0.494 e. The highest BCUT2D eigenvalue weighted by Crippen LogP contribution is 2.20. The summed E-state index contributed by atoms with van der Waals surface area (Å²) in [5, 5.41) is 7.27. The number of ether oxygens (including phenoxy) is 1. The number of aromatic nitrogens is 4. The van der Waals surface area contributed by atoms with Crippen LogP contribution in [0.1, 0.15) is 5.69 Å². The number of methoxy groups -OCH3 is 1. The molecule has 2 N–H and O–H groups in total. The van der Waals surface area contributed by atoms with Gasteiger partial charge in [-0.05, 0) is 31.2 Å². The topological polar surface area (TPSA) is 111 Å². The highest BCUT2D eigenvalue weighted by atomic mass is 32.2. The predicted molar refractivity (Wildman–Crippen MR) is 101 cm³/mol. The van der Waals surface area contributed by atoms with Gasteiger partial charge in [-0.1, -0.05) is 0 Å². The lowest BCUT2D eigenvalue weighted by atomic mass is 10.3. The average Bonchev–Trinajstić information content (AvgIpc) is 3.12. The summed E-state index contributed by atoms with van der Waals surface area (Å²) in [6.45, 7) is 2.22. The van der Waals surface area contributed by atoms with E-state index in [1.165, 1.54) is 25.6 Å². The smallest absolute Gasteiger partial charge is 0.240 e. The van der Waals surface area contributed by atoms with E-state index in [0.717, 1.165) is 11.8 Å². The van der Waals surface area contributed by atoms with Crippen LogP contribution in [0, 0.1) is 12.7 Å². The maximum absolute atomic E-state index is 13.7. The maximum atomic E-state index is 13.7. The van der Waals surface area contributed by atoms with Crippen LogP contribution in [-0.4, -0.2) is 48.4 Å². The summed E-state index contributed by atoms with van der Waals surface area (Å²) in [6, 6.07) is 7.01. The first kappa shape index (κ1) is 19.7. The Kier molecular flexibility index (Phi) is 5.85. The molecule has 0 spiro atoms. The number of hydrogen-bond acceptors (Lipinski definition) is 7. The lowest BCUT2D eigenvalue weighted by Gasteiger charge is -2.10. The standard InChI is InChI=1S/C17H19FN6O3S/c1-12-5-8-24(23-12)17-10-16(20-11-21-17)19-6-7-22-28(25,26)13-3-4-15(27-2)14(18)9-13/h3-5,8-11,22H,6-7H2,1-2H3,(H,19,20,21). The van der Waals surface area contributed by atoms with Gasteiger partial charge in [-0.2, -0.15) is 5.10 Å². The number of rotatable bonds is 8. The Hall–Kier alpha value is -3.05. The quantitative estimate of drug-likeness (QED) is 0.546. The molecule has 0 saturated carbocycles. The van der Waals surface area contributed by atoms with E-state index in [9.17, 15) is 12.8 Å². The molecule has 148 valence electrons. The van der Waals surface area contributed by atoms with Crippen LogP contribution < -0.4 is 14.8 Å². The molecule has 3 aromatic rings. The zero-order valence-corrected chi connectivity index (χ0v) is 16.1. The number of halogens is 1. The molecule has 0 radical (unpaired) electrons. The normalized spacial score (nSPS) is 11.4. The third kappa shape index (κ3) is 4.61. The molecule has 2 aromatic heterocycles. The molecule has 0 aliphatic rings. The van der Waals surface area contributed by atoms with Crippen LogP contribution in [0.15, 0.2) is 47.8 Å². The van der Waals surface area contributed by atoms with Crippen LogP contribution in [0.5, 0.6) is 5.75 Å². The number of hydrogen-bond donors (Lipinski definition) is 2. The van der Waals surface area contributed by atoms with Crippen molar-refractivity contribution < 1.29 is 17.5 Å². The summed E-state index contributed by atoms with van der Waals surface area (Å²) >= 11 is 0. The molecule has 9 nitrogen and oxygen atoms in total. The fourth-order valence-corrected chi connectivity index (χ4v) is 3.43. The fraction of sp³-hybridized carbons (Fsp3) is 0.235. The lowest BCUT2D eigenvalue weighted by Crippen LogP contribution is -2.29. The Labute approximate surface area is 161 Å². The number of aryl methyl sites for hydroxylation is 1. The summed E-state index contributed by atoms with van der Waals surface area (Å²) in [4.78, 5) is 8.06. The SMILES string of the molecule is COc1ccc(S(=O)(=O)NCCNc2cc(-n3ccc(C)n3)ncn2)cc1F. The van der Waals surface area contributed by atoms with E-state index in [1.807, 2.05) is 13.0 Å². The molecular weight excluding hydrogens is 387 g/mol. The number of nitrogens with one attached hydrogen (secondary N) is 2. The van der Waals surface area contributed by atoms with Crippen molar-refractivity contribution in [3.63, 3.8) is 0 Å². The fourth-order valence-electron chi connectivity index (χ4n) is 2.39. The van der Waals surface area contributed by atoms with Crippen molar-refractivity contribution in [2.75, 3.05) is 25.5 Å². The molecule has 0 unspecified atom stereocenters. The van der Waals surface area contributed by atoms with Crippen molar-refractivity contribution >= 4 is 15.8 Å². The Morgan fingerprint density at radius 2 is 2.00 bits per heavy atom. The Bertz CT molecular complexity index is 1070. The molecule has 2 heterocycles. The van der Waals surface area contributed by atoms with Gasteiger partial charge < -0.3 is 10.1 Å². The third-order valence-electron chi connectivity index (χ3n) is 3.77. The number of anilines is 1. The Morgan fingerprint density at radius 1 is 1.18 bits per heavy atom. The first-order chi connectivity index (χ1) is 13.4. The molecule has 0 atom stereocenters. The molecule has 11 heteroatoms. The minimum atomic E-state index is -3.84. The molecule has 0 saturated heterocycles. The van der Waals surface area contributed by atoms with Gasteiger partial charge in [-0.25, -0.2) is 32.2 Å². The van der Waals surface area contributed by atoms with Gasteiger partial charge >= 0.3 is 0 Å². The second kappa shape index (κ2) is 8.31. The van der Waals surface area contributed by atoms with E-state index in [0.29, 0.717) is 11.6 Å². The second-order valence-corrected chi connectivity index (χ2v) is 7.55. The summed E-state index contributed by atoms with van der Waals surface area (Å²) in [5.74, 6) is 0.339. The highest BCUT2D eigenvalue weighted by molar-refractivity contribution is 7.89. The van der Waals surface area contributed by atoms with Gasteiger partial charge in [0.25, 0.3) is 0 Å². The highest BCUT2D eigenvalue weighted by Gasteiger charge is 2.16. The minimum absolute atomic E-state index is 0.0208. The van der Waals surface area contributed by atoms with Crippen molar-refractivity contribution in [2.24, 2.45) is 0 Å². The minimum Gasteiger partial charge on any atom is -0.494 e. The summed E-state index contributed by atoms with van der Waals surface area (Å²) in [5.41, 5.74) is 0.859. The van der Waals surface area contributed by atoms with Gasteiger partial charge in [-0.3, -0.25) is 0 Å². The first-order valence-electron chi connectivity index (χ1n) is 8.31. The maximum Gasteiger partial charge on any atom is 0.240 e. The zero-order valence-electron chi connectivity index (χ0n) is 15.3. The van der Waals surface area contributed by atoms with E-state index >= 15 is 0 Å². The molecule has 0 amide bonds. The van der Waals surface area contributed by atoms with Gasteiger partial charge in [0, 0.05) is 25.4 Å². The third-order valence-corrected chi connectivity index (χ3v) is 5.23. The Morgan fingerprint density at radius 3 is 2.68 bits per heavy atom. The predicted octanol–water partition coefficient (Wildman–Crippen LogP) is 1.51. The van der Waals surface area contributed by atoms with Crippen LogP contribution in [0.25, 0.3) is 5.82 Å². The molecule has 28 heavy (non-hydrogen) atoms. The summed E-state index contributed by atoms with van der Waals surface area (Å²) in [7, 11) is -2.53. The average molecular weight is 406 g/mol. The lowest BCUT2D eigenvalue weighted by molar-refractivity contribution is 0.385. The zero-order chi connectivity index (χ0) is 20.1. The van der Waals surface area contributed by atoms with Gasteiger partial charge in [0.2, 0.25) is 10.0 Å². The van der Waals surface area contributed by atoms with Crippen molar-refractivity contribution in [1.29, 1.82) is 0 Å². The monoisotopic (exact) mass is 406 g/mol. The van der Waals surface area contributed by atoms with E-state index in [2.05, 4.69) is 25.1 Å². The van der Waals surface area contributed by atoms with Crippen LogP contribution in [0.2, 0.25) is 0 Å². The van der Waals surface area contributed by atoms with E-state index in [4.69, 9.17) is 4.74 Å². The number of sulfonamides is 1. The van der Waals surface area contributed by atoms with Gasteiger partial charge in [0.1, 0.15) is 12.1 Å². The van der Waals surface area contributed by atoms with Crippen LogP contribution >= 0.6 is 0 Å².